The molecule has 1 aliphatic heterocycles. The average Bonchev–Trinajstić information content (AvgIpc) is 3.44. The summed E-state index contributed by atoms with van der Waals surface area (Å²) in [5, 5.41) is 22.3. The maximum absolute atomic E-state index is 13.4. The molecule has 0 spiro atoms. The molecule has 0 atom stereocenters. The van der Waals surface area contributed by atoms with E-state index in [9.17, 15) is 19.3 Å². The molecule has 0 fully saturated rings. The molecular formula is C30H10F2N8. The number of hydrogen-bond acceptors (Lipinski definition) is 8. The molecule has 0 bridgehead atoms. The minimum absolute atomic E-state index is 0.338. The summed E-state index contributed by atoms with van der Waals surface area (Å²) in [5.41, 5.74) is 9.51. The molecule has 4 aromatic carbocycles. The van der Waals surface area contributed by atoms with E-state index in [1.54, 1.807) is 18.2 Å². The fourth-order valence-electron chi connectivity index (χ4n) is 4.96. The highest BCUT2D eigenvalue weighted by molar-refractivity contribution is 6.17. The van der Waals surface area contributed by atoms with Gasteiger partial charge >= 0.3 is 0 Å². The molecule has 1 aliphatic rings. The SMILES string of the molecule is N#C/N=c1/c2cc(-c3ccc(F)nc3)ccc2c2nc3/c(=N/C#N)c4cc(C5=C=C=C(F)N=C5)ccc4c3nc12. The number of allylic oxidation sites excluding steroid dienone is 1. The number of rotatable bonds is 2. The molecule has 0 unspecified atom stereocenters. The van der Waals surface area contributed by atoms with Crippen molar-refractivity contribution in [1.29, 1.82) is 10.5 Å². The number of nitriles is 2. The van der Waals surface area contributed by atoms with Gasteiger partial charge in [0.15, 0.2) is 0 Å². The van der Waals surface area contributed by atoms with Gasteiger partial charge in [-0.15, -0.1) is 0 Å². The van der Waals surface area contributed by atoms with E-state index >= 15 is 0 Å². The van der Waals surface area contributed by atoms with Crippen molar-refractivity contribution < 1.29 is 8.78 Å². The summed E-state index contributed by atoms with van der Waals surface area (Å²) in [4.78, 5) is 25.3. The highest BCUT2D eigenvalue weighted by Gasteiger charge is 2.19. The molecule has 7 rings (SSSR count). The molecule has 0 amide bonds. The van der Waals surface area contributed by atoms with Crippen molar-refractivity contribution >= 4 is 55.4 Å². The summed E-state index contributed by atoms with van der Waals surface area (Å²) in [6, 6.07) is 13.8. The lowest BCUT2D eigenvalue weighted by molar-refractivity contribution is 0.584. The smallest absolute Gasteiger partial charge is 0.241 e. The van der Waals surface area contributed by atoms with Crippen LogP contribution in [0.3, 0.4) is 0 Å². The molecule has 184 valence electrons. The third-order valence-electron chi connectivity index (χ3n) is 6.71. The predicted octanol–water partition coefficient (Wildman–Crippen LogP) is 4.96. The number of halogens is 2. The topological polar surface area (TPSA) is 123 Å². The van der Waals surface area contributed by atoms with E-state index in [0.717, 1.165) is 5.56 Å². The molecule has 0 radical (unpaired) electrons. The van der Waals surface area contributed by atoms with Crippen LogP contribution in [0, 0.1) is 28.9 Å². The molecule has 3 heterocycles. The minimum atomic E-state index is -0.761. The second kappa shape index (κ2) is 8.70. The van der Waals surface area contributed by atoms with E-state index in [-0.39, 0.29) is 0 Å². The third kappa shape index (κ3) is 3.43. The first-order valence-corrected chi connectivity index (χ1v) is 11.8. The van der Waals surface area contributed by atoms with Crippen LogP contribution in [0.2, 0.25) is 0 Å². The highest BCUT2D eigenvalue weighted by atomic mass is 19.1. The van der Waals surface area contributed by atoms with Crippen LogP contribution in [-0.4, -0.2) is 21.2 Å². The fraction of sp³-hybridized carbons (Fsp3) is 0. The van der Waals surface area contributed by atoms with Crippen molar-refractivity contribution in [2.75, 3.05) is 0 Å². The zero-order valence-electron chi connectivity index (χ0n) is 20.1. The lowest BCUT2D eigenvalue weighted by atomic mass is 10.0. The van der Waals surface area contributed by atoms with Gasteiger partial charge < -0.3 is 0 Å². The van der Waals surface area contributed by atoms with Gasteiger partial charge in [0.05, 0.1) is 16.6 Å². The summed E-state index contributed by atoms with van der Waals surface area (Å²) < 4.78 is 26.6. The molecule has 0 saturated heterocycles. The molecular weight excluding hydrogens is 510 g/mol. The van der Waals surface area contributed by atoms with Crippen molar-refractivity contribution in [1.82, 2.24) is 15.0 Å². The van der Waals surface area contributed by atoms with Gasteiger partial charge in [0, 0.05) is 39.5 Å². The van der Waals surface area contributed by atoms with Crippen LogP contribution in [0.15, 0.2) is 87.1 Å². The van der Waals surface area contributed by atoms with Gasteiger partial charge in [-0.05, 0) is 41.1 Å². The highest BCUT2D eigenvalue weighted by Crippen LogP contribution is 2.31. The van der Waals surface area contributed by atoms with Crippen LogP contribution in [0.4, 0.5) is 8.78 Å². The Morgan fingerprint density at radius 3 is 1.82 bits per heavy atom. The lowest BCUT2D eigenvalue weighted by Gasteiger charge is -2.01. The fourth-order valence-corrected chi connectivity index (χ4v) is 4.96. The Balaban J connectivity index is 1.55. The Morgan fingerprint density at radius 2 is 1.27 bits per heavy atom. The number of benzene rings is 2. The van der Waals surface area contributed by atoms with Gasteiger partial charge in [0.2, 0.25) is 18.3 Å². The Hall–Kier alpha value is -6.18. The van der Waals surface area contributed by atoms with Gasteiger partial charge in [-0.1, -0.05) is 30.0 Å². The summed E-state index contributed by atoms with van der Waals surface area (Å²) in [5.74, 6) is -1.34. The molecule has 40 heavy (non-hydrogen) atoms. The molecule has 8 nitrogen and oxygen atoms in total. The number of nitrogens with zero attached hydrogens (tertiary/aromatic N) is 8. The van der Waals surface area contributed by atoms with Crippen LogP contribution in [-0.2, 0) is 0 Å². The van der Waals surface area contributed by atoms with Gasteiger partial charge in [0.1, 0.15) is 21.7 Å². The molecule has 2 aromatic heterocycles. The first-order chi connectivity index (χ1) is 19.6. The minimum Gasteiger partial charge on any atom is -0.241 e. The molecule has 0 saturated carbocycles. The maximum Gasteiger partial charge on any atom is 0.264 e. The van der Waals surface area contributed by atoms with Gasteiger partial charge in [-0.25, -0.2) is 19.9 Å². The van der Waals surface area contributed by atoms with E-state index < -0.39 is 11.9 Å². The van der Waals surface area contributed by atoms with Gasteiger partial charge in [-0.3, -0.25) is 0 Å². The molecule has 0 aliphatic carbocycles. The van der Waals surface area contributed by atoms with E-state index in [4.69, 9.17) is 9.97 Å². The maximum atomic E-state index is 13.4. The normalized spacial score (nSPS) is 13.8. The van der Waals surface area contributed by atoms with Crippen molar-refractivity contribution in [2.45, 2.75) is 0 Å². The van der Waals surface area contributed by atoms with E-state index in [1.165, 1.54) is 18.5 Å². The first kappa shape index (κ1) is 23.0. The van der Waals surface area contributed by atoms with E-state index in [1.807, 2.05) is 36.7 Å². The second-order valence-corrected chi connectivity index (χ2v) is 8.84. The van der Waals surface area contributed by atoms with Crippen LogP contribution in [0.1, 0.15) is 5.56 Å². The third-order valence-corrected chi connectivity index (χ3v) is 6.71. The molecule has 6 aromatic rings. The monoisotopic (exact) mass is 520 g/mol. The number of pyridine rings is 1. The van der Waals surface area contributed by atoms with Gasteiger partial charge in [0.25, 0.3) is 5.95 Å². The van der Waals surface area contributed by atoms with E-state index in [0.29, 0.717) is 71.0 Å². The summed E-state index contributed by atoms with van der Waals surface area (Å²) in [6.07, 6.45) is 6.48. The zero-order valence-corrected chi connectivity index (χ0v) is 20.1. The lowest BCUT2D eigenvalue weighted by Crippen LogP contribution is -2.03. The van der Waals surface area contributed by atoms with Crippen LogP contribution < -0.4 is 10.7 Å². The molecule has 10 heteroatoms. The Kier molecular flexibility index (Phi) is 4.99. The predicted molar refractivity (Wildman–Crippen MR) is 144 cm³/mol. The van der Waals surface area contributed by atoms with E-state index in [2.05, 4.69) is 31.4 Å². The van der Waals surface area contributed by atoms with Crippen molar-refractivity contribution in [3.8, 4) is 23.5 Å². The number of hydrogen-bond donors (Lipinski definition) is 0. The van der Waals surface area contributed by atoms with Crippen molar-refractivity contribution in [2.24, 2.45) is 15.0 Å². The second-order valence-electron chi connectivity index (χ2n) is 8.84. The largest absolute Gasteiger partial charge is 0.264 e. The Morgan fingerprint density at radius 1 is 0.675 bits per heavy atom. The average molecular weight is 520 g/mol. The van der Waals surface area contributed by atoms with Crippen LogP contribution >= 0.6 is 0 Å². The van der Waals surface area contributed by atoms with Gasteiger partial charge in [-0.2, -0.15) is 29.3 Å². The van der Waals surface area contributed by atoms with Crippen molar-refractivity contribution in [3.05, 3.63) is 94.4 Å². The van der Waals surface area contributed by atoms with Crippen LogP contribution in [0.5, 0.6) is 0 Å². The zero-order chi connectivity index (χ0) is 27.4. The Bertz CT molecular complexity index is 2440. The van der Waals surface area contributed by atoms with Crippen molar-refractivity contribution in [3.63, 3.8) is 0 Å². The van der Waals surface area contributed by atoms with Crippen LogP contribution in [0.25, 0.3) is 60.3 Å². The quantitative estimate of drug-likeness (QED) is 0.138. The Labute approximate surface area is 222 Å². The number of aromatic nitrogens is 3. The summed E-state index contributed by atoms with van der Waals surface area (Å²) >= 11 is 0. The molecule has 0 N–H and O–H groups in total. The number of fused-ring (bicyclic) bond motifs is 6. The standard InChI is InChI=1S/C30H10F2N8/c31-23-7-3-17(11-35-23)15-1-5-19-21(9-15)25(37-13-33)29-27(19)39-30-26(38-14-34)22-10-16(2-6-20(22)28(30)40-29)18-4-8-24(32)36-12-18/h1-3,5-7,9-12H/b37-25-,38-26+. The summed E-state index contributed by atoms with van der Waals surface area (Å²) in [6.45, 7) is 0. The first-order valence-electron chi connectivity index (χ1n) is 11.8. The number of aliphatic imine (C=N–C) groups is 1. The summed E-state index contributed by atoms with van der Waals surface area (Å²) in [7, 11) is 0.